The molecule has 5 heteroatoms. The highest BCUT2D eigenvalue weighted by Gasteiger charge is 2.22. The van der Waals surface area contributed by atoms with Crippen LogP contribution in [0.5, 0.6) is 0 Å². The number of rotatable bonds is 5. The van der Waals surface area contributed by atoms with Gasteiger partial charge in [0, 0.05) is 22.2 Å². The largest absolute Gasteiger partial charge is 0.481 e. The first-order valence-corrected chi connectivity index (χ1v) is 7.27. The highest BCUT2D eigenvalue weighted by molar-refractivity contribution is 7.17. The molecular formula is C15H17NO3S. The lowest BCUT2D eigenvalue weighted by molar-refractivity contribution is -0.137. The molecule has 0 radical (unpaired) electrons. The average molecular weight is 291 g/mol. The molecule has 0 aliphatic rings. The van der Waals surface area contributed by atoms with Crippen LogP contribution in [-0.2, 0) is 4.79 Å². The van der Waals surface area contributed by atoms with Crippen molar-refractivity contribution in [1.29, 1.82) is 0 Å². The lowest BCUT2D eigenvalue weighted by Gasteiger charge is -2.25. The molecule has 0 atom stereocenters. The van der Waals surface area contributed by atoms with Crippen molar-refractivity contribution in [3.05, 3.63) is 35.2 Å². The average Bonchev–Trinajstić information content (AvgIpc) is 2.83. The molecule has 106 valence electrons. The van der Waals surface area contributed by atoms with Gasteiger partial charge < -0.3 is 10.4 Å². The van der Waals surface area contributed by atoms with Crippen molar-refractivity contribution in [3.63, 3.8) is 0 Å². The standard InChI is InChI=1S/C15H17NO3S/c1-15(2,7-5-13(17)18)16-14(19)11-3-4-12-10(9-11)6-8-20-12/h3-4,6,8-9H,5,7H2,1-2H3,(H,16,19)(H,17,18). The van der Waals surface area contributed by atoms with Gasteiger partial charge in [0.15, 0.2) is 0 Å². The third-order valence-corrected chi connectivity index (χ3v) is 4.03. The molecule has 0 aliphatic carbocycles. The number of thiophene rings is 1. The molecule has 2 aromatic rings. The summed E-state index contributed by atoms with van der Waals surface area (Å²) in [7, 11) is 0. The van der Waals surface area contributed by atoms with E-state index in [-0.39, 0.29) is 12.3 Å². The maximum atomic E-state index is 12.2. The van der Waals surface area contributed by atoms with E-state index in [4.69, 9.17) is 5.11 Å². The Kier molecular flexibility index (Phi) is 4.09. The third-order valence-electron chi connectivity index (χ3n) is 3.13. The van der Waals surface area contributed by atoms with Crippen LogP contribution in [0, 0.1) is 0 Å². The Morgan fingerprint density at radius 3 is 2.75 bits per heavy atom. The van der Waals surface area contributed by atoms with E-state index in [1.165, 1.54) is 0 Å². The zero-order valence-corrected chi connectivity index (χ0v) is 12.3. The second-order valence-corrected chi connectivity index (χ2v) is 6.35. The van der Waals surface area contributed by atoms with Crippen molar-refractivity contribution in [3.8, 4) is 0 Å². The lowest BCUT2D eigenvalue weighted by atomic mass is 9.97. The number of amides is 1. The quantitative estimate of drug-likeness (QED) is 0.888. The highest BCUT2D eigenvalue weighted by atomic mass is 32.1. The molecule has 0 spiro atoms. The van der Waals surface area contributed by atoms with Crippen molar-refractivity contribution in [1.82, 2.24) is 5.32 Å². The summed E-state index contributed by atoms with van der Waals surface area (Å²) in [6, 6.07) is 7.56. The molecule has 20 heavy (non-hydrogen) atoms. The number of carboxylic acid groups (broad SMARTS) is 1. The molecule has 0 saturated carbocycles. The predicted octanol–water partition coefficient (Wildman–Crippen LogP) is 3.27. The minimum absolute atomic E-state index is 0.0385. The van der Waals surface area contributed by atoms with Gasteiger partial charge in [0.25, 0.3) is 5.91 Å². The fourth-order valence-corrected chi connectivity index (χ4v) is 2.74. The van der Waals surface area contributed by atoms with Crippen molar-refractivity contribution >= 4 is 33.3 Å². The molecule has 4 nitrogen and oxygen atoms in total. The Morgan fingerprint density at radius 2 is 2.05 bits per heavy atom. The summed E-state index contributed by atoms with van der Waals surface area (Å²) < 4.78 is 1.15. The minimum Gasteiger partial charge on any atom is -0.481 e. The SMILES string of the molecule is CC(C)(CCC(=O)O)NC(=O)c1ccc2sccc2c1. The van der Waals surface area contributed by atoms with Gasteiger partial charge in [-0.2, -0.15) is 0 Å². The Labute approximate surface area is 121 Å². The molecule has 1 amide bonds. The molecular weight excluding hydrogens is 274 g/mol. The van der Waals surface area contributed by atoms with Crippen LogP contribution in [0.3, 0.4) is 0 Å². The van der Waals surface area contributed by atoms with Gasteiger partial charge in [0.1, 0.15) is 0 Å². The topological polar surface area (TPSA) is 66.4 Å². The van der Waals surface area contributed by atoms with Crippen LogP contribution in [0.1, 0.15) is 37.0 Å². The third kappa shape index (κ3) is 3.57. The molecule has 2 rings (SSSR count). The van der Waals surface area contributed by atoms with E-state index >= 15 is 0 Å². The van der Waals surface area contributed by atoms with Crippen LogP contribution < -0.4 is 5.32 Å². The van der Waals surface area contributed by atoms with Crippen LogP contribution in [-0.4, -0.2) is 22.5 Å². The smallest absolute Gasteiger partial charge is 0.303 e. The van der Waals surface area contributed by atoms with Gasteiger partial charge in [0.2, 0.25) is 0 Å². The van der Waals surface area contributed by atoms with Crippen LogP contribution in [0.4, 0.5) is 0 Å². The van der Waals surface area contributed by atoms with Crippen molar-refractivity contribution < 1.29 is 14.7 Å². The maximum Gasteiger partial charge on any atom is 0.303 e. The molecule has 0 aliphatic heterocycles. The van der Waals surface area contributed by atoms with E-state index in [2.05, 4.69) is 5.32 Å². The highest BCUT2D eigenvalue weighted by Crippen LogP contribution is 2.22. The summed E-state index contributed by atoms with van der Waals surface area (Å²) >= 11 is 1.64. The molecule has 1 aromatic heterocycles. The lowest BCUT2D eigenvalue weighted by Crippen LogP contribution is -2.43. The van der Waals surface area contributed by atoms with Gasteiger partial charge in [-0.15, -0.1) is 11.3 Å². The number of fused-ring (bicyclic) bond motifs is 1. The molecule has 0 bridgehead atoms. The monoisotopic (exact) mass is 291 g/mol. The number of hydrogen-bond acceptors (Lipinski definition) is 3. The maximum absolute atomic E-state index is 12.2. The molecule has 0 saturated heterocycles. The second kappa shape index (κ2) is 5.63. The van der Waals surface area contributed by atoms with Crippen LogP contribution >= 0.6 is 11.3 Å². The zero-order valence-electron chi connectivity index (χ0n) is 11.5. The van der Waals surface area contributed by atoms with Gasteiger partial charge in [-0.25, -0.2) is 0 Å². The predicted molar refractivity (Wildman–Crippen MR) is 80.2 cm³/mol. The van der Waals surface area contributed by atoms with Crippen molar-refractivity contribution in [2.24, 2.45) is 0 Å². The van der Waals surface area contributed by atoms with Gasteiger partial charge in [-0.1, -0.05) is 0 Å². The molecule has 2 N–H and O–H groups in total. The normalized spacial score (nSPS) is 11.5. The van der Waals surface area contributed by atoms with Gasteiger partial charge >= 0.3 is 5.97 Å². The van der Waals surface area contributed by atoms with Crippen LogP contribution in [0.25, 0.3) is 10.1 Å². The Balaban J connectivity index is 2.08. The van der Waals surface area contributed by atoms with Gasteiger partial charge in [0.05, 0.1) is 0 Å². The van der Waals surface area contributed by atoms with E-state index in [1.54, 1.807) is 17.4 Å². The number of hydrogen-bond donors (Lipinski definition) is 2. The number of carboxylic acids is 1. The summed E-state index contributed by atoms with van der Waals surface area (Å²) in [6.07, 6.45) is 0.436. The first-order chi connectivity index (χ1) is 9.37. The van der Waals surface area contributed by atoms with Crippen LogP contribution in [0.2, 0.25) is 0 Å². The second-order valence-electron chi connectivity index (χ2n) is 5.40. The van der Waals surface area contributed by atoms with Gasteiger partial charge in [-0.3, -0.25) is 9.59 Å². The van der Waals surface area contributed by atoms with Gasteiger partial charge in [-0.05, 0) is 55.3 Å². The number of carbonyl (C=O) groups is 2. The summed E-state index contributed by atoms with van der Waals surface area (Å²) in [4.78, 5) is 22.8. The number of benzene rings is 1. The fourth-order valence-electron chi connectivity index (χ4n) is 1.97. The number of aliphatic carboxylic acids is 1. The fraction of sp³-hybridized carbons (Fsp3) is 0.333. The minimum atomic E-state index is -0.855. The number of carbonyl (C=O) groups excluding carboxylic acids is 1. The first-order valence-electron chi connectivity index (χ1n) is 6.39. The molecule has 1 aromatic carbocycles. The first kappa shape index (κ1) is 14.5. The molecule has 0 fully saturated rings. The van der Waals surface area contributed by atoms with Crippen molar-refractivity contribution in [2.45, 2.75) is 32.2 Å². The van der Waals surface area contributed by atoms with E-state index in [9.17, 15) is 9.59 Å². The Morgan fingerprint density at radius 1 is 1.30 bits per heavy atom. The summed E-state index contributed by atoms with van der Waals surface area (Å²) in [6.45, 7) is 3.66. The summed E-state index contributed by atoms with van der Waals surface area (Å²) in [5.74, 6) is -1.03. The molecule has 1 heterocycles. The summed E-state index contributed by atoms with van der Waals surface area (Å²) in [5, 5.41) is 14.6. The van der Waals surface area contributed by atoms with Crippen molar-refractivity contribution in [2.75, 3.05) is 0 Å². The van der Waals surface area contributed by atoms with E-state index in [0.717, 1.165) is 10.1 Å². The van der Waals surface area contributed by atoms with E-state index in [1.807, 2.05) is 37.4 Å². The molecule has 0 unspecified atom stereocenters. The Bertz CT molecular complexity index is 645. The van der Waals surface area contributed by atoms with E-state index in [0.29, 0.717) is 12.0 Å². The Hall–Kier alpha value is -1.88. The number of nitrogens with one attached hydrogen (secondary N) is 1. The van der Waals surface area contributed by atoms with Crippen LogP contribution in [0.15, 0.2) is 29.6 Å². The van der Waals surface area contributed by atoms with E-state index < -0.39 is 11.5 Å². The summed E-state index contributed by atoms with van der Waals surface area (Å²) in [5.41, 5.74) is 0.0540. The zero-order chi connectivity index (χ0) is 14.8.